The van der Waals surface area contributed by atoms with E-state index in [0.29, 0.717) is 22.0 Å². The third kappa shape index (κ3) is 2.95. The monoisotopic (exact) mass is 433 g/mol. The topological polar surface area (TPSA) is 92.7 Å². The highest BCUT2D eigenvalue weighted by atomic mass is 35.5. The number of aryl methyl sites for hydroxylation is 1. The van der Waals surface area contributed by atoms with Crippen LogP contribution in [0.3, 0.4) is 0 Å². The second-order valence-electron chi connectivity index (χ2n) is 7.42. The number of benzene rings is 2. The number of rotatable bonds is 3. The highest BCUT2D eigenvalue weighted by Crippen LogP contribution is 2.45. The number of nitrogens with two attached hydrogens (primary N) is 1. The molecule has 2 aromatic carbocycles. The fraction of sp³-hybridized carbons (Fsp3) is 0.130. The molecule has 0 saturated heterocycles. The average Bonchev–Trinajstić information content (AvgIpc) is 3.30. The van der Waals surface area contributed by atoms with Crippen LogP contribution < -0.4 is 10.5 Å². The van der Waals surface area contributed by atoms with E-state index in [1.165, 1.54) is 6.07 Å². The van der Waals surface area contributed by atoms with Crippen LogP contribution in [-0.2, 0) is 6.54 Å². The maximum absolute atomic E-state index is 14.5. The Balaban J connectivity index is 1.74. The van der Waals surface area contributed by atoms with Gasteiger partial charge < -0.3 is 15.0 Å². The molecular weight excluding hydrogens is 417 g/mol. The molecular formula is C23H17ClFN5O. The number of allylic oxidation sites excluding steroid dienone is 1. The van der Waals surface area contributed by atoms with Gasteiger partial charge in [-0.15, -0.1) is 5.10 Å². The van der Waals surface area contributed by atoms with Crippen LogP contribution in [0.15, 0.2) is 60.1 Å². The van der Waals surface area contributed by atoms with Crippen LogP contribution in [0.5, 0.6) is 5.88 Å². The summed E-state index contributed by atoms with van der Waals surface area (Å²) in [6, 6.07) is 14.6. The quantitative estimate of drug-likeness (QED) is 0.488. The third-order valence-corrected chi connectivity index (χ3v) is 6.00. The first-order valence-electron chi connectivity index (χ1n) is 9.62. The average molecular weight is 434 g/mol. The van der Waals surface area contributed by atoms with Gasteiger partial charge in [-0.3, -0.25) is 5.10 Å². The minimum atomic E-state index is -0.463. The number of nitriles is 1. The Bertz CT molecular complexity index is 1390. The first kappa shape index (κ1) is 19.2. The molecule has 5 rings (SSSR count). The molecule has 4 aromatic rings. The maximum atomic E-state index is 14.5. The van der Waals surface area contributed by atoms with Gasteiger partial charge >= 0.3 is 0 Å². The zero-order chi connectivity index (χ0) is 21.7. The summed E-state index contributed by atoms with van der Waals surface area (Å²) in [5.74, 6) is -0.448. The standard InChI is InChI=1S/C23H17ClFN5O/c1-12-20-21(14(9-26)22(27)31-23(20)29-28-12)15-10-30(19-8-3-2-5-13(15)19)11-16-17(24)6-4-7-18(16)25/h2-8,10,21H,11,27H2,1H3,(H,28,29)/t21-/m0/s1. The largest absolute Gasteiger partial charge is 0.420 e. The summed E-state index contributed by atoms with van der Waals surface area (Å²) >= 11 is 6.27. The van der Waals surface area contributed by atoms with Crippen molar-refractivity contribution in [1.29, 1.82) is 5.26 Å². The van der Waals surface area contributed by atoms with Crippen molar-refractivity contribution in [2.45, 2.75) is 19.4 Å². The van der Waals surface area contributed by atoms with Crippen molar-refractivity contribution >= 4 is 22.5 Å². The van der Waals surface area contributed by atoms with Gasteiger partial charge in [-0.2, -0.15) is 5.26 Å². The molecule has 8 heteroatoms. The van der Waals surface area contributed by atoms with Crippen LogP contribution in [0.4, 0.5) is 4.39 Å². The number of H-pyrrole nitrogens is 1. The smallest absolute Gasteiger partial charge is 0.244 e. The number of hydrogen-bond donors (Lipinski definition) is 2. The van der Waals surface area contributed by atoms with Gasteiger partial charge in [0, 0.05) is 38.9 Å². The van der Waals surface area contributed by atoms with E-state index in [-0.39, 0.29) is 18.2 Å². The van der Waals surface area contributed by atoms with Crippen molar-refractivity contribution in [3.05, 3.63) is 93.3 Å². The lowest BCUT2D eigenvalue weighted by Gasteiger charge is -2.23. The Morgan fingerprint density at radius 3 is 2.87 bits per heavy atom. The van der Waals surface area contributed by atoms with E-state index in [9.17, 15) is 9.65 Å². The number of para-hydroxylation sites is 1. The molecule has 0 fully saturated rings. The summed E-state index contributed by atoms with van der Waals surface area (Å²) in [4.78, 5) is 0. The Morgan fingerprint density at radius 2 is 2.10 bits per heavy atom. The lowest BCUT2D eigenvalue weighted by molar-refractivity contribution is 0.379. The predicted molar refractivity (Wildman–Crippen MR) is 115 cm³/mol. The van der Waals surface area contributed by atoms with Crippen molar-refractivity contribution in [1.82, 2.24) is 14.8 Å². The molecule has 0 saturated carbocycles. The second-order valence-corrected chi connectivity index (χ2v) is 7.83. The van der Waals surface area contributed by atoms with Crippen molar-refractivity contribution in [2.24, 2.45) is 5.73 Å². The fourth-order valence-electron chi connectivity index (χ4n) is 4.20. The van der Waals surface area contributed by atoms with Crippen molar-refractivity contribution in [3.63, 3.8) is 0 Å². The molecule has 0 spiro atoms. The summed E-state index contributed by atoms with van der Waals surface area (Å²) in [6.07, 6.45) is 1.92. The summed E-state index contributed by atoms with van der Waals surface area (Å²) < 4.78 is 22.0. The fourth-order valence-corrected chi connectivity index (χ4v) is 4.42. The van der Waals surface area contributed by atoms with Gasteiger partial charge in [0.25, 0.3) is 0 Å². The van der Waals surface area contributed by atoms with E-state index in [1.54, 1.807) is 12.1 Å². The minimum absolute atomic E-state index is 0.0282. The van der Waals surface area contributed by atoms with E-state index >= 15 is 0 Å². The van der Waals surface area contributed by atoms with E-state index < -0.39 is 5.92 Å². The summed E-state index contributed by atoms with van der Waals surface area (Å²) in [7, 11) is 0. The van der Waals surface area contributed by atoms with Crippen LogP contribution in [-0.4, -0.2) is 14.8 Å². The number of aromatic amines is 1. The van der Waals surface area contributed by atoms with Gasteiger partial charge in [0.1, 0.15) is 17.5 Å². The van der Waals surface area contributed by atoms with E-state index in [2.05, 4.69) is 16.3 Å². The van der Waals surface area contributed by atoms with E-state index in [0.717, 1.165) is 27.7 Å². The number of halogens is 2. The normalized spacial score (nSPS) is 15.6. The molecule has 3 N–H and O–H groups in total. The van der Waals surface area contributed by atoms with Gasteiger partial charge in [-0.05, 0) is 30.7 Å². The Labute approximate surface area is 182 Å². The number of ether oxygens (including phenoxy) is 1. The summed E-state index contributed by atoms with van der Waals surface area (Å²) in [5, 5.41) is 18.2. The van der Waals surface area contributed by atoms with Crippen LogP contribution in [0.1, 0.15) is 28.3 Å². The van der Waals surface area contributed by atoms with Crippen molar-refractivity contribution < 1.29 is 9.13 Å². The molecule has 0 aliphatic carbocycles. The molecule has 1 aliphatic rings. The van der Waals surface area contributed by atoms with E-state index in [4.69, 9.17) is 22.1 Å². The SMILES string of the molecule is Cc1[nH]nc2c1[C@H](c1cn(Cc3c(F)cccc3Cl)c3ccccc13)C(C#N)=C(N)O2. The Hall–Kier alpha value is -3.76. The van der Waals surface area contributed by atoms with Gasteiger partial charge in [0.15, 0.2) is 0 Å². The molecule has 2 aromatic heterocycles. The summed E-state index contributed by atoms with van der Waals surface area (Å²) in [6.45, 7) is 2.12. The second kappa shape index (κ2) is 7.18. The van der Waals surface area contributed by atoms with Crippen molar-refractivity contribution in [3.8, 4) is 11.9 Å². The van der Waals surface area contributed by atoms with Crippen LogP contribution in [0.2, 0.25) is 5.02 Å². The molecule has 0 unspecified atom stereocenters. The third-order valence-electron chi connectivity index (χ3n) is 5.65. The Kier molecular flexibility index (Phi) is 4.45. The maximum Gasteiger partial charge on any atom is 0.244 e. The number of nitrogens with one attached hydrogen (secondary N) is 1. The number of hydrogen-bond acceptors (Lipinski definition) is 4. The lowest BCUT2D eigenvalue weighted by atomic mass is 9.84. The zero-order valence-electron chi connectivity index (χ0n) is 16.5. The molecule has 154 valence electrons. The zero-order valence-corrected chi connectivity index (χ0v) is 17.2. The predicted octanol–water partition coefficient (Wildman–Crippen LogP) is 4.73. The highest BCUT2D eigenvalue weighted by Gasteiger charge is 2.36. The van der Waals surface area contributed by atoms with Crippen LogP contribution in [0.25, 0.3) is 10.9 Å². The van der Waals surface area contributed by atoms with Gasteiger partial charge in [-0.25, -0.2) is 4.39 Å². The highest BCUT2D eigenvalue weighted by molar-refractivity contribution is 6.31. The molecule has 3 heterocycles. The molecule has 0 bridgehead atoms. The summed E-state index contributed by atoms with van der Waals surface area (Å²) in [5.41, 5.74) is 10.1. The molecule has 0 radical (unpaired) electrons. The molecule has 6 nitrogen and oxygen atoms in total. The molecule has 1 atom stereocenters. The molecule has 31 heavy (non-hydrogen) atoms. The first-order chi connectivity index (χ1) is 15.0. The molecule has 1 aliphatic heterocycles. The van der Waals surface area contributed by atoms with Crippen LogP contribution in [0, 0.1) is 24.1 Å². The van der Waals surface area contributed by atoms with Gasteiger partial charge in [0.2, 0.25) is 11.8 Å². The minimum Gasteiger partial charge on any atom is -0.420 e. The number of nitrogens with zero attached hydrogens (tertiary/aromatic N) is 3. The first-order valence-corrected chi connectivity index (χ1v) is 10.0. The van der Waals surface area contributed by atoms with Gasteiger partial charge in [-0.1, -0.05) is 35.9 Å². The van der Waals surface area contributed by atoms with Gasteiger partial charge in [0.05, 0.1) is 12.5 Å². The Morgan fingerprint density at radius 1 is 1.29 bits per heavy atom. The van der Waals surface area contributed by atoms with Crippen LogP contribution >= 0.6 is 11.6 Å². The van der Waals surface area contributed by atoms with Crippen molar-refractivity contribution in [2.75, 3.05) is 0 Å². The number of fused-ring (bicyclic) bond motifs is 2. The van der Waals surface area contributed by atoms with E-state index in [1.807, 2.05) is 42.0 Å². The molecule has 0 amide bonds. The number of aromatic nitrogens is 3. The lowest BCUT2D eigenvalue weighted by Crippen LogP contribution is -2.21.